The van der Waals surface area contributed by atoms with Crippen LogP contribution in [0, 0.1) is 0 Å². The third kappa shape index (κ3) is 2.88. The number of para-hydroxylation sites is 2. The third-order valence-electron chi connectivity index (χ3n) is 2.98. The van der Waals surface area contributed by atoms with Gasteiger partial charge in [0.1, 0.15) is 0 Å². The number of H-pyrrole nitrogens is 1. The summed E-state index contributed by atoms with van der Waals surface area (Å²) in [6.07, 6.45) is 1.16. The van der Waals surface area contributed by atoms with Gasteiger partial charge in [-0.15, -0.1) is 0 Å². The molecule has 0 radical (unpaired) electrons. The zero-order chi connectivity index (χ0) is 15.0. The van der Waals surface area contributed by atoms with E-state index in [1.54, 1.807) is 12.1 Å². The first-order chi connectivity index (χ1) is 9.93. The molecule has 0 saturated carbocycles. The molecule has 0 spiro atoms. The molecule has 0 saturated heterocycles. The van der Waals surface area contributed by atoms with Gasteiger partial charge in [-0.1, -0.05) is 12.1 Å². The van der Waals surface area contributed by atoms with Gasteiger partial charge in [0.15, 0.2) is 15.0 Å². The van der Waals surface area contributed by atoms with Crippen molar-refractivity contribution in [3.63, 3.8) is 0 Å². The monoisotopic (exact) mass is 319 g/mol. The smallest absolute Gasteiger partial charge is 0.175 e. The second-order valence-electron chi connectivity index (χ2n) is 4.63. The largest absolute Gasteiger partial charge is 0.398 e. The molecule has 2 aromatic carbocycles. The van der Waals surface area contributed by atoms with E-state index in [2.05, 4.69) is 9.97 Å². The van der Waals surface area contributed by atoms with Crippen LogP contribution in [-0.4, -0.2) is 24.6 Å². The maximum absolute atomic E-state index is 11.5. The van der Waals surface area contributed by atoms with Gasteiger partial charge in [-0.2, -0.15) is 0 Å². The summed E-state index contributed by atoms with van der Waals surface area (Å²) in [5, 5.41) is 0.718. The van der Waals surface area contributed by atoms with Crippen molar-refractivity contribution in [3.8, 4) is 0 Å². The molecule has 0 aliphatic rings. The number of nitrogens with two attached hydrogens (primary N) is 1. The number of fused-ring (bicyclic) bond motifs is 1. The van der Waals surface area contributed by atoms with Gasteiger partial charge in [0, 0.05) is 16.8 Å². The molecule has 0 amide bonds. The number of nitrogens with zero attached hydrogens (tertiary/aromatic N) is 1. The van der Waals surface area contributed by atoms with E-state index in [1.165, 1.54) is 17.8 Å². The van der Waals surface area contributed by atoms with Crippen molar-refractivity contribution in [1.82, 2.24) is 9.97 Å². The van der Waals surface area contributed by atoms with Gasteiger partial charge in [-0.3, -0.25) is 0 Å². The van der Waals surface area contributed by atoms with Gasteiger partial charge in [0.25, 0.3) is 0 Å². The molecule has 21 heavy (non-hydrogen) atoms. The molecule has 7 heteroatoms. The average molecular weight is 319 g/mol. The SMILES string of the molecule is CS(=O)(=O)c1ccc(Sc2nc3ccccc3[nH]2)c(N)c1. The van der Waals surface area contributed by atoms with Crippen molar-refractivity contribution in [2.24, 2.45) is 0 Å². The minimum Gasteiger partial charge on any atom is -0.398 e. The molecule has 0 aliphatic heterocycles. The molecule has 0 fully saturated rings. The van der Waals surface area contributed by atoms with Gasteiger partial charge in [0.2, 0.25) is 0 Å². The number of rotatable bonds is 3. The molecule has 1 aromatic heterocycles. The van der Waals surface area contributed by atoms with Crippen LogP contribution in [0.4, 0.5) is 5.69 Å². The Balaban J connectivity index is 1.94. The molecule has 5 nitrogen and oxygen atoms in total. The maximum Gasteiger partial charge on any atom is 0.175 e. The number of anilines is 1. The Kier molecular flexibility index (Phi) is 3.38. The Bertz CT molecular complexity index is 884. The van der Waals surface area contributed by atoms with Crippen molar-refractivity contribution in [2.45, 2.75) is 14.9 Å². The van der Waals surface area contributed by atoms with Crippen LogP contribution in [0.2, 0.25) is 0 Å². The third-order valence-corrected chi connectivity index (χ3v) is 5.07. The van der Waals surface area contributed by atoms with Gasteiger partial charge in [-0.25, -0.2) is 13.4 Å². The number of aromatic nitrogens is 2. The molecule has 1 heterocycles. The lowest BCUT2D eigenvalue weighted by molar-refractivity contribution is 0.602. The average Bonchev–Trinajstić information content (AvgIpc) is 2.82. The molecule has 0 aliphatic carbocycles. The Hall–Kier alpha value is -1.99. The summed E-state index contributed by atoms with van der Waals surface area (Å²) in [5.41, 5.74) is 8.18. The highest BCUT2D eigenvalue weighted by Gasteiger charge is 2.11. The molecule has 0 unspecified atom stereocenters. The van der Waals surface area contributed by atoms with E-state index >= 15 is 0 Å². The quantitative estimate of drug-likeness (QED) is 0.725. The van der Waals surface area contributed by atoms with E-state index in [-0.39, 0.29) is 4.90 Å². The van der Waals surface area contributed by atoms with Crippen LogP contribution in [0.1, 0.15) is 0 Å². The number of hydrogen-bond acceptors (Lipinski definition) is 5. The molecule has 3 aromatic rings. The Labute approximate surface area is 126 Å². The predicted molar refractivity (Wildman–Crippen MR) is 84.2 cm³/mol. The van der Waals surface area contributed by atoms with Gasteiger partial charge < -0.3 is 10.7 Å². The zero-order valence-electron chi connectivity index (χ0n) is 11.2. The minimum absolute atomic E-state index is 0.217. The Morgan fingerprint density at radius 3 is 2.62 bits per heavy atom. The highest BCUT2D eigenvalue weighted by molar-refractivity contribution is 7.99. The first-order valence-electron chi connectivity index (χ1n) is 6.16. The molecular formula is C14H13N3O2S2. The van der Waals surface area contributed by atoms with E-state index in [0.29, 0.717) is 5.69 Å². The van der Waals surface area contributed by atoms with Gasteiger partial charge in [0.05, 0.1) is 15.9 Å². The summed E-state index contributed by atoms with van der Waals surface area (Å²) in [5.74, 6) is 0. The number of nitrogens with one attached hydrogen (secondary N) is 1. The fraction of sp³-hybridized carbons (Fsp3) is 0.0714. The van der Waals surface area contributed by atoms with Crippen molar-refractivity contribution in [2.75, 3.05) is 12.0 Å². The molecule has 108 valence electrons. The number of sulfone groups is 1. The first kappa shape index (κ1) is 14.0. The summed E-state index contributed by atoms with van der Waals surface area (Å²) in [6, 6.07) is 12.5. The Morgan fingerprint density at radius 1 is 1.19 bits per heavy atom. The molecule has 0 bridgehead atoms. The van der Waals surface area contributed by atoms with E-state index in [4.69, 9.17) is 5.73 Å². The van der Waals surface area contributed by atoms with Crippen LogP contribution >= 0.6 is 11.8 Å². The molecule has 3 N–H and O–H groups in total. The van der Waals surface area contributed by atoms with E-state index in [1.807, 2.05) is 24.3 Å². The van der Waals surface area contributed by atoms with Crippen LogP contribution in [0.15, 0.2) is 57.4 Å². The van der Waals surface area contributed by atoms with E-state index in [0.717, 1.165) is 27.3 Å². The summed E-state index contributed by atoms with van der Waals surface area (Å²) >= 11 is 1.37. The molecular weight excluding hydrogens is 306 g/mol. The minimum atomic E-state index is -3.25. The normalized spacial score (nSPS) is 11.9. The highest BCUT2D eigenvalue weighted by atomic mass is 32.2. The molecule has 0 atom stereocenters. The molecule has 3 rings (SSSR count). The van der Waals surface area contributed by atoms with E-state index < -0.39 is 9.84 Å². The van der Waals surface area contributed by atoms with Crippen LogP contribution in [-0.2, 0) is 9.84 Å². The van der Waals surface area contributed by atoms with Crippen molar-refractivity contribution in [3.05, 3.63) is 42.5 Å². The zero-order valence-corrected chi connectivity index (χ0v) is 12.8. The second-order valence-corrected chi connectivity index (χ2v) is 7.68. The fourth-order valence-electron chi connectivity index (χ4n) is 1.93. The predicted octanol–water partition coefficient (Wildman–Crippen LogP) is 2.70. The fourth-order valence-corrected chi connectivity index (χ4v) is 3.41. The highest BCUT2D eigenvalue weighted by Crippen LogP contribution is 2.32. The van der Waals surface area contributed by atoms with Crippen LogP contribution < -0.4 is 5.73 Å². The summed E-state index contributed by atoms with van der Waals surface area (Å²) in [7, 11) is -3.25. The van der Waals surface area contributed by atoms with Gasteiger partial charge >= 0.3 is 0 Å². The van der Waals surface area contributed by atoms with Gasteiger partial charge in [-0.05, 0) is 42.1 Å². The van der Waals surface area contributed by atoms with Crippen LogP contribution in [0.5, 0.6) is 0 Å². The number of benzene rings is 2. The van der Waals surface area contributed by atoms with Crippen molar-refractivity contribution in [1.29, 1.82) is 0 Å². The lowest BCUT2D eigenvalue weighted by Crippen LogP contribution is -1.99. The number of imidazole rings is 1. The lowest BCUT2D eigenvalue weighted by atomic mass is 10.3. The standard InChI is InChI=1S/C14H13N3O2S2/c1-21(18,19)9-6-7-13(10(15)8-9)20-14-16-11-4-2-3-5-12(11)17-14/h2-8H,15H2,1H3,(H,16,17). The van der Waals surface area contributed by atoms with Crippen molar-refractivity contribution >= 4 is 38.3 Å². The second kappa shape index (κ2) is 5.09. The van der Waals surface area contributed by atoms with Crippen molar-refractivity contribution < 1.29 is 8.42 Å². The summed E-state index contributed by atoms with van der Waals surface area (Å²) < 4.78 is 23.0. The lowest BCUT2D eigenvalue weighted by Gasteiger charge is -2.05. The Morgan fingerprint density at radius 2 is 1.95 bits per heavy atom. The summed E-state index contributed by atoms with van der Waals surface area (Å²) in [6.45, 7) is 0. The maximum atomic E-state index is 11.5. The number of hydrogen-bond donors (Lipinski definition) is 2. The summed E-state index contributed by atoms with van der Waals surface area (Å²) in [4.78, 5) is 8.63. The van der Waals surface area contributed by atoms with Crippen LogP contribution in [0.3, 0.4) is 0 Å². The number of nitrogen functional groups attached to an aromatic ring is 1. The topological polar surface area (TPSA) is 88.8 Å². The van der Waals surface area contributed by atoms with E-state index in [9.17, 15) is 8.42 Å². The first-order valence-corrected chi connectivity index (χ1v) is 8.86. The van der Waals surface area contributed by atoms with Crippen LogP contribution in [0.25, 0.3) is 11.0 Å². The number of aromatic amines is 1.